The molecule has 100 valence electrons. The third kappa shape index (κ3) is 3.28. The van der Waals surface area contributed by atoms with E-state index in [4.69, 9.17) is 17.0 Å². The normalized spacial score (nSPS) is 10.7. The first-order chi connectivity index (χ1) is 9.11. The molecule has 0 aliphatic carbocycles. The van der Waals surface area contributed by atoms with Crippen LogP contribution in [-0.2, 0) is 11.3 Å². The van der Waals surface area contributed by atoms with Crippen molar-refractivity contribution in [2.24, 2.45) is 0 Å². The largest absolute Gasteiger partial charge is 0.374 e. The van der Waals surface area contributed by atoms with Gasteiger partial charge in [0, 0.05) is 12.2 Å². The van der Waals surface area contributed by atoms with E-state index in [1.807, 2.05) is 13.0 Å². The summed E-state index contributed by atoms with van der Waals surface area (Å²) in [5.41, 5.74) is 4.67. The zero-order valence-corrected chi connectivity index (χ0v) is 12.3. The Morgan fingerprint density at radius 2 is 2.11 bits per heavy atom. The highest BCUT2D eigenvalue weighted by atomic mass is 32.1. The smallest absolute Gasteiger partial charge is 0.134 e. The van der Waals surface area contributed by atoms with Crippen LogP contribution in [0.4, 0.5) is 0 Å². The number of aryl methyl sites for hydroxylation is 1. The molecule has 0 unspecified atom stereocenters. The number of ether oxygens (including phenoxy) is 1. The number of hydrogen-bond acceptors (Lipinski definition) is 3. The maximum atomic E-state index is 5.38. The molecule has 1 N–H and O–H groups in total. The average Bonchev–Trinajstić information content (AvgIpc) is 2.39. The van der Waals surface area contributed by atoms with E-state index in [9.17, 15) is 0 Å². The average molecular weight is 274 g/mol. The molecule has 0 atom stereocenters. The number of hydrogen-bond donors (Lipinski definition) is 1. The molecule has 0 aliphatic rings. The predicted molar refractivity (Wildman–Crippen MR) is 79.7 cm³/mol. The molecule has 1 aromatic carbocycles. The molecule has 0 saturated carbocycles. The second-order valence-corrected chi connectivity index (χ2v) is 4.88. The van der Waals surface area contributed by atoms with Crippen molar-refractivity contribution in [2.75, 3.05) is 6.61 Å². The van der Waals surface area contributed by atoms with Crippen molar-refractivity contribution >= 4 is 12.2 Å². The molecule has 2 rings (SSSR count). The summed E-state index contributed by atoms with van der Waals surface area (Å²) in [7, 11) is 0. The molecule has 4 heteroatoms. The number of aromatic nitrogens is 2. The van der Waals surface area contributed by atoms with Gasteiger partial charge >= 0.3 is 0 Å². The van der Waals surface area contributed by atoms with Crippen LogP contribution in [-0.4, -0.2) is 16.6 Å². The van der Waals surface area contributed by atoms with Gasteiger partial charge in [-0.3, -0.25) is 0 Å². The fourth-order valence-electron chi connectivity index (χ4n) is 1.96. The molecular weight excluding hydrogens is 256 g/mol. The lowest BCUT2D eigenvalue weighted by Gasteiger charge is -2.10. The van der Waals surface area contributed by atoms with Gasteiger partial charge in [0.05, 0.1) is 5.69 Å². The second-order valence-electron chi connectivity index (χ2n) is 4.46. The molecule has 0 spiro atoms. The van der Waals surface area contributed by atoms with Crippen molar-refractivity contribution in [1.29, 1.82) is 0 Å². The fourth-order valence-corrected chi connectivity index (χ4v) is 2.19. The summed E-state index contributed by atoms with van der Waals surface area (Å²) in [6.45, 7) is 7.30. The molecule has 3 nitrogen and oxygen atoms in total. The minimum absolute atomic E-state index is 0.457. The minimum Gasteiger partial charge on any atom is -0.374 e. The zero-order chi connectivity index (χ0) is 13.8. The fraction of sp³-hybridized carbons (Fsp3) is 0.333. The van der Waals surface area contributed by atoms with Crippen molar-refractivity contribution in [3.05, 3.63) is 45.9 Å². The lowest BCUT2D eigenvalue weighted by Crippen LogP contribution is -2.01. The zero-order valence-electron chi connectivity index (χ0n) is 11.5. The van der Waals surface area contributed by atoms with Crippen LogP contribution in [0.15, 0.2) is 24.3 Å². The summed E-state index contributed by atoms with van der Waals surface area (Å²) >= 11 is 5.23. The van der Waals surface area contributed by atoms with Gasteiger partial charge in [0.2, 0.25) is 0 Å². The highest BCUT2D eigenvalue weighted by Gasteiger charge is 2.06. The summed E-state index contributed by atoms with van der Waals surface area (Å²) in [6.07, 6.45) is 0. The molecule has 1 heterocycles. The van der Waals surface area contributed by atoms with Gasteiger partial charge in [0.1, 0.15) is 17.1 Å². The Kier molecular flexibility index (Phi) is 4.45. The van der Waals surface area contributed by atoms with E-state index in [2.05, 4.69) is 42.0 Å². The Hall–Kier alpha value is -1.52. The molecular formula is C15H18N2OS. The van der Waals surface area contributed by atoms with Crippen molar-refractivity contribution in [1.82, 2.24) is 9.97 Å². The van der Waals surface area contributed by atoms with Crippen LogP contribution in [0.1, 0.15) is 23.9 Å². The second kappa shape index (κ2) is 6.08. The molecule has 19 heavy (non-hydrogen) atoms. The molecule has 0 aliphatic heterocycles. The van der Waals surface area contributed by atoms with Gasteiger partial charge < -0.3 is 9.72 Å². The third-order valence-corrected chi connectivity index (χ3v) is 3.34. The Balaban J connectivity index is 2.47. The monoisotopic (exact) mass is 274 g/mol. The van der Waals surface area contributed by atoms with Gasteiger partial charge in [0.15, 0.2) is 0 Å². The standard InChI is InChI=1S/C15H18N2OS/c1-4-18-9-14-16-13(8-15(19)17-14)12-7-5-6-10(2)11(12)3/h5-8H,4,9H2,1-3H3,(H,16,17,19). The Labute approximate surface area is 118 Å². The number of benzene rings is 1. The molecule has 1 aromatic heterocycles. The topological polar surface area (TPSA) is 37.9 Å². The van der Waals surface area contributed by atoms with E-state index in [1.165, 1.54) is 11.1 Å². The number of nitrogens with zero attached hydrogens (tertiary/aromatic N) is 1. The van der Waals surface area contributed by atoms with E-state index in [1.54, 1.807) is 0 Å². The molecule has 0 bridgehead atoms. The Morgan fingerprint density at radius 1 is 1.32 bits per heavy atom. The number of rotatable bonds is 4. The summed E-state index contributed by atoms with van der Waals surface area (Å²) in [6, 6.07) is 8.15. The van der Waals surface area contributed by atoms with Crippen molar-refractivity contribution < 1.29 is 4.74 Å². The Bertz CT molecular complexity index is 634. The van der Waals surface area contributed by atoms with Crippen LogP contribution < -0.4 is 0 Å². The molecule has 0 saturated heterocycles. The van der Waals surface area contributed by atoms with Crippen LogP contribution in [0.5, 0.6) is 0 Å². The molecule has 2 aromatic rings. The van der Waals surface area contributed by atoms with Crippen LogP contribution in [0.3, 0.4) is 0 Å². The van der Waals surface area contributed by atoms with Gasteiger partial charge in [-0.1, -0.05) is 30.4 Å². The van der Waals surface area contributed by atoms with Gasteiger partial charge in [-0.15, -0.1) is 0 Å². The maximum absolute atomic E-state index is 5.38. The SMILES string of the molecule is CCOCc1nc(=S)cc(-c2cccc(C)c2C)[nH]1. The van der Waals surface area contributed by atoms with Gasteiger partial charge in [-0.2, -0.15) is 0 Å². The molecule has 0 amide bonds. The van der Waals surface area contributed by atoms with Crippen molar-refractivity contribution in [2.45, 2.75) is 27.4 Å². The first kappa shape index (κ1) is 13.9. The van der Waals surface area contributed by atoms with Crippen LogP contribution >= 0.6 is 12.2 Å². The van der Waals surface area contributed by atoms with E-state index < -0.39 is 0 Å². The van der Waals surface area contributed by atoms with E-state index in [0.717, 1.165) is 17.1 Å². The number of aromatic amines is 1. The first-order valence-corrected chi connectivity index (χ1v) is 6.77. The lowest BCUT2D eigenvalue weighted by molar-refractivity contribution is 0.128. The van der Waals surface area contributed by atoms with Crippen molar-refractivity contribution in [3.63, 3.8) is 0 Å². The van der Waals surface area contributed by atoms with Gasteiger partial charge in [0.25, 0.3) is 0 Å². The quantitative estimate of drug-likeness (QED) is 0.858. The number of nitrogens with one attached hydrogen (secondary N) is 1. The maximum Gasteiger partial charge on any atom is 0.134 e. The van der Waals surface area contributed by atoms with Gasteiger partial charge in [-0.05, 0) is 38.0 Å². The van der Waals surface area contributed by atoms with Crippen LogP contribution in [0.25, 0.3) is 11.3 Å². The van der Waals surface area contributed by atoms with Crippen LogP contribution in [0, 0.1) is 18.5 Å². The minimum atomic E-state index is 0.457. The van der Waals surface area contributed by atoms with E-state index >= 15 is 0 Å². The summed E-state index contributed by atoms with van der Waals surface area (Å²) in [5.74, 6) is 0.769. The highest BCUT2D eigenvalue weighted by molar-refractivity contribution is 7.71. The Morgan fingerprint density at radius 3 is 2.84 bits per heavy atom. The first-order valence-electron chi connectivity index (χ1n) is 6.36. The third-order valence-electron chi connectivity index (χ3n) is 3.13. The molecule has 0 radical (unpaired) electrons. The summed E-state index contributed by atoms with van der Waals surface area (Å²) in [4.78, 5) is 7.58. The highest BCUT2D eigenvalue weighted by Crippen LogP contribution is 2.23. The number of H-pyrrole nitrogens is 1. The predicted octanol–water partition coefficient (Wildman–Crippen LogP) is 3.96. The molecule has 0 fully saturated rings. The van der Waals surface area contributed by atoms with Crippen molar-refractivity contribution in [3.8, 4) is 11.3 Å². The van der Waals surface area contributed by atoms with Gasteiger partial charge in [-0.25, -0.2) is 4.98 Å². The van der Waals surface area contributed by atoms with Crippen LogP contribution in [0.2, 0.25) is 0 Å². The van der Waals surface area contributed by atoms with E-state index in [-0.39, 0.29) is 0 Å². The summed E-state index contributed by atoms with van der Waals surface area (Å²) in [5, 5.41) is 0. The van der Waals surface area contributed by atoms with E-state index in [0.29, 0.717) is 17.9 Å². The lowest BCUT2D eigenvalue weighted by atomic mass is 10.0. The summed E-state index contributed by atoms with van der Waals surface area (Å²) < 4.78 is 5.97.